The molecule has 2 aromatic rings. The van der Waals surface area contributed by atoms with Crippen LogP contribution in [0.1, 0.15) is 42.9 Å². The second kappa shape index (κ2) is 8.12. The summed E-state index contributed by atoms with van der Waals surface area (Å²) < 4.78 is 5.30. The molecule has 0 aliphatic heterocycles. The van der Waals surface area contributed by atoms with Crippen molar-refractivity contribution in [3.63, 3.8) is 0 Å². The number of aryl methyl sites for hydroxylation is 1. The maximum atomic E-state index is 11.7. The van der Waals surface area contributed by atoms with E-state index in [1.165, 1.54) is 6.92 Å². The lowest BCUT2D eigenvalue weighted by Crippen LogP contribution is -2.09. The molecular formula is C21H20O3. The molecule has 1 atom stereocenters. The van der Waals surface area contributed by atoms with Gasteiger partial charge in [0.2, 0.25) is 0 Å². The van der Waals surface area contributed by atoms with Crippen molar-refractivity contribution in [1.82, 2.24) is 0 Å². The number of rotatable bonds is 4. The average molecular weight is 320 g/mol. The van der Waals surface area contributed by atoms with E-state index in [0.29, 0.717) is 5.75 Å². The van der Waals surface area contributed by atoms with Crippen LogP contribution in [-0.2, 0) is 9.59 Å². The number of hydrogen-bond acceptors (Lipinski definition) is 3. The summed E-state index contributed by atoms with van der Waals surface area (Å²) in [6.07, 6.45) is 0.275. The Labute approximate surface area is 142 Å². The Kier molecular flexibility index (Phi) is 5.92. The fourth-order valence-electron chi connectivity index (χ4n) is 2.41. The molecule has 0 aliphatic carbocycles. The van der Waals surface area contributed by atoms with Gasteiger partial charge in [0, 0.05) is 24.5 Å². The first-order valence-electron chi connectivity index (χ1n) is 7.80. The number of ketones is 1. The Bertz CT molecular complexity index is 795. The zero-order valence-electron chi connectivity index (χ0n) is 14.1. The first-order chi connectivity index (χ1) is 11.5. The van der Waals surface area contributed by atoms with Gasteiger partial charge in [0.25, 0.3) is 0 Å². The van der Waals surface area contributed by atoms with Gasteiger partial charge in [-0.15, -0.1) is 0 Å². The van der Waals surface area contributed by atoms with Crippen LogP contribution >= 0.6 is 0 Å². The number of Topliss-reactive ketones (excluding diaryl/α,β-unsaturated/α-hetero) is 1. The van der Waals surface area contributed by atoms with Crippen molar-refractivity contribution in [2.45, 2.75) is 33.1 Å². The quantitative estimate of drug-likeness (QED) is 0.485. The van der Waals surface area contributed by atoms with E-state index in [4.69, 9.17) is 4.74 Å². The molecule has 0 heterocycles. The molecule has 3 heteroatoms. The topological polar surface area (TPSA) is 43.4 Å². The minimum absolute atomic E-state index is 0.0395. The highest BCUT2D eigenvalue weighted by Crippen LogP contribution is 2.30. The van der Waals surface area contributed by atoms with Crippen molar-refractivity contribution in [1.29, 1.82) is 0 Å². The van der Waals surface area contributed by atoms with Crippen LogP contribution in [0.5, 0.6) is 5.75 Å². The standard InChI is InChI=1S/C21H20O3/c1-15-9-12-21(24-17(3)23)20(13-15)19(14-16(2)22)11-10-18-7-5-4-6-8-18/h4-9,12-13,19H,14H2,1-3H3. The SMILES string of the molecule is CC(=O)CC(C#Cc1ccccc1)c1cc(C)ccc1OC(C)=O. The van der Waals surface area contributed by atoms with Gasteiger partial charge in [-0.1, -0.05) is 47.7 Å². The van der Waals surface area contributed by atoms with Gasteiger partial charge in [0.1, 0.15) is 11.5 Å². The molecule has 0 N–H and O–H groups in total. The van der Waals surface area contributed by atoms with E-state index in [1.54, 1.807) is 13.0 Å². The molecular weight excluding hydrogens is 300 g/mol. The molecule has 1 unspecified atom stereocenters. The highest BCUT2D eigenvalue weighted by Gasteiger charge is 2.18. The normalized spacial score (nSPS) is 11.1. The summed E-state index contributed by atoms with van der Waals surface area (Å²) in [6, 6.07) is 15.1. The van der Waals surface area contributed by atoms with Crippen LogP contribution in [0.2, 0.25) is 0 Å². The van der Waals surface area contributed by atoms with E-state index in [2.05, 4.69) is 11.8 Å². The molecule has 0 aliphatic rings. The molecule has 0 radical (unpaired) electrons. The minimum Gasteiger partial charge on any atom is -0.426 e. The second-order valence-electron chi connectivity index (χ2n) is 5.73. The Hall–Kier alpha value is -2.86. The summed E-state index contributed by atoms with van der Waals surface area (Å²) in [5.41, 5.74) is 2.67. The van der Waals surface area contributed by atoms with Gasteiger partial charge in [-0.3, -0.25) is 9.59 Å². The molecule has 2 aromatic carbocycles. The molecule has 0 spiro atoms. The summed E-state index contributed by atoms with van der Waals surface area (Å²) in [7, 11) is 0. The van der Waals surface area contributed by atoms with Crippen molar-refractivity contribution in [2.75, 3.05) is 0 Å². The molecule has 0 bridgehead atoms. The molecule has 0 aromatic heterocycles. The average Bonchev–Trinajstić information content (AvgIpc) is 2.53. The Morgan fingerprint density at radius 2 is 1.79 bits per heavy atom. The predicted molar refractivity (Wildman–Crippen MR) is 93.8 cm³/mol. The Morgan fingerprint density at radius 1 is 1.08 bits per heavy atom. The number of esters is 1. The van der Waals surface area contributed by atoms with Crippen molar-refractivity contribution in [3.05, 3.63) is 65.2 Å². The zero-order valence-corrected chi connectivity index (χ0v) is 14.1. The van der Waals surface area contributed by atoms with Gasteiger partial charge in [-0.05, 0) is 32.0 Å². The lowest BCUT2D eigenvalue weighted by Gasteiger charge is -2.15. The first kappa shape index (κ1) is 17.5. The molecule has 0 fully saturated rings. The van der Waals surface area contributed by atoms with Crippen molar-refractivity contribution in [3.8, 4) is 17.6 Å². The van der Waals surface area contributed by atoms with Crippen LogP contribution in [-0.4, -0.2) is 11.8 Å². The fourth-order valence-corrected chi connectivity index (χ4v) is 2.41. The number of benzene rings is 2. The zero-order chi connectivity index (χ0) is 17.5. The van der Waals surface area contributed by atoms with Crippen molar-refractivity contribution >= 4 is 11.8 Å². The van der Waals surface area contributed by atoms with Crippen LogP contribution in [0.4, 0.5) is 0 Å². The Morgan fingerprint density at radius 3 is 2.42 bits per heavy atom. The summed E-state index contributed by atoms with van der Waals surface area (Å²) in [6.45, 7) is 4.86. The maximum Gasteiger partial charge on any atom is 0.308 e. The van der Waals surface area contributed by atoms with Gasteiger partial charge in [-0.25, -0.2) is 0 Å². The summed E-state index contributed by atoms with van der Waals surface area (Å²) in [5, 5.41) is 0. The van der Waals surface area contributed by atoms with Gasteiger partial charge in [0.05, 0.1) is 5.92 Å². The molecule has 2 rings (SSSR count). The molecule has 0 saturated heterocycles. The van der Waals surface area contributed by atoms with E-state index in [1.807, 2.05) is 49.4 Å². The van der Waals surface area contributed by atoms with E-state index in [0.717, 1.165) is 16.7 Å². The van der Waals surface area contributed by atoms with Crippen LogP contribution in [0.25, 0.3) is 0 Å². The third kappa shape index (κ3) is 5.10. The number of carbonyl (C=O) groups excluding carboxylic acids is 2. The third-order valence-electron chi connectivity index (χ3n) is 3.45. The molecule has 122 valence electrons. The highest BCUT2D eigenvalue weighted by molar-refractivity contribution is 5.77. The van der Waals surface area contributed by atoms with E-state index in [9.17, 15) is 9.59 Å². The maximum absolute atomic E-state index is 11.7. The van der Waals surface area contributed by atoms with Crippen molar-refractivity contribution in [2.24, 2.45) is 0 Å². The summed E-state index contributed by atoms with van der Waals surface area (Å²) >= 11 is 0. The molecule has 0 saturated carbocycles. The van der Waals surface area contributed by atoms with Gasteiger partial charge >= 0.3 is 5.97 Å². The monoisotopic (exact) mass is 320 g/mol. The molecule has 24 heavy (non-hydrogen) atoms. The third-order valence-corrected chi connectivity index (χ3v) is 3.45. The number of hydrogen-bond donors (Lipinski definition) is 0. The predicted octanol–water partition coefficient (Wildman–Crippen LogP) is 4.03. The van der Waals surface area contributed by atoms with Gasteiger partial charge < -0.3 is 4.74 Å². The second-order valence-corrected chi connectivity index (χ2v) is 5.73. The van der Waals surface area contributed by atoms with Crippen molar-refractivity contribution < 1.29 is 14.3 Å². The van der Waals surface area contributed by atoms with Crippen LogP contribution in [0.3, 0.4) is 0 Å². The smallest absolute Gasteiger partial charge is 0.308 e. The Balaban J connectivity index is 2.44. The fraction of sp³-hybridized carbons (Fsp3) is 0.238. The van der Waals surface area contributed by atoms with E-state index >= 15 is 0 Å². The summed E-state index contributed by atoms with van der Waals surface area (Å²) in [4.78, 5) is 23.0. The largest absolute Gasteiger partial charge is 0.426 e. The summed E-state index contributed by atoms with van der Waals surface area (Å²) in [5.74, 6) is 6.05. The van der Waals surface area contributed by atoms with Crippen LogP contribution < -0.4 is 4.74 Å². The van der Waals surface area contributed by atoms with E-state index < -0.39 is 5.97 Å². The lowest BCUT2D eigenvalue weighted by atomic mass is 9.92. The highest BCUT2D eigenvalue weighted by atomic mass is 16.5. The molecule has 3 nitrogen and oxygen atoms in total. The first-order valence-corrected chi connectivity index (χ1v) is 7.80. The van der Waals surface area contributed by atoms with E-state index in [-0.39, 0.29) is 18.1 Å². The molecule has 0 amide bonds. The van der Waals surface area contributed by atoms with Crippen LogP contribution in [0, 0.1) is 18.8 Å². The number of carbonyl (C=O) groups is 2. The number of ether oxygens (including phenoxy) is 1. The van der Waals surface area contributed by atoms with Gasteiger partial charge in [0.15, 0.2) is 0 Å². The minimum atomic E-state index is -0.391. The van der Waals surface area contributed by atoms with Gasteiger partial charge in [-0.2, -0.15) is 0 Å². The van der Waals surface area contributed by atoms with Crippen LogP contribution in [0.15, 0.2) is 48.5 Å². The lowest BCUT2D eigenvalue weighted by molar-refractivity contribution is -0.131.